The average Bonchev–Trinajstić information content (AvgIpc) is 2.80. The van der Waals surface area contributed by atoms with Crippen LogP contribution in [-0.2, 0) is 9.47 Å². The van der Waals surface area contributed by atoms with Crippen molar-refractivity contribution in [2.24, 2.45) is 0 Å². The SMILES string of the molecule is COC(=O)c1cc(OC)c(SSc2c(OC)cc(C(=O)OC)cc2[N+](=O)[O-])c([N+](=O)[O-])c1. The first-order valence-electron chi connectivity index (χ1n) is 8.42. The second-order valence-corrected chi connectivity index (χ2v) is 7.87. The summed E-state index contributed by atoms with van der Waals surface area (Å²) in [5.74, 6) is -1.62. The van der Waals surface area contributed by atoms with Crippen molar-refractivity contribution in [1.82, 2.24) is 0 Å². The molecule has 170 valence electrons. The number of rotatable bonds is 9. The molecule has 14 heteroatoms. The van der Waals surface area contributed by atoms with Gasteiger partial charge in [-0.3, -0.25) is 20.2 Å². The summed E-state index contributed by atoms with van der Waals surface area (Å²) in [4.78, 5) is 45.4. The van der Waals surface area contributed by atoms with Crippen molar-refractivity contribution in [1.29, 1.82) is 0 Å². The lowest BCUT2D eigenvalue weighted by molar-refractivity contribution is -0.388. The normalized spacial score (nSPS) is 10.2. The minimum Gasteiger partial charge on any atom is -0.495 e. The molecule has 32 heavy (non-hydrogen) atoms. The van der Waals surface area contributed by atoms with Crippen molar-refractivity contribution >= 4 is 44.9 Å². The van der Waals surface area contributed by atoms with E-state index in [4.69, 9.17) is 9.47 Å². The van der Waals surface area contributed by atoms with Crippen LogP contribution in [0.2, 0.25) is 0 Å². The van der Waals surface area contributed by atoms with Crippen LogP contribution in [0.15, 0.2) is 34.1 Å². The zero-order valence-corrected chi connectivity index (χ0v) is 18.7. The maximum atomic E-state index is 11.8. The lowest BCUT2D eigenvalue weighted by Gasteiger charge is -2.12. The highest BCUT2D eigenvalue weighted by atomic mass is 33.1. The van der Waals surface area contributed by atoms with Gasteiger partial charge in [0.25, 0.3) is 11.4 Å². The molecule has 0 saturated heterocycles. The smallest absolute Gasteiger partial charge is 0.338 e. The highest BCUT2D eigenvalue weighted by molar-refractivity contribution is 8.76. The number of nitrogens with zero attached hydrogens (tertiary/aromatic N) is 2. The van der Waals surface area contributed by atoms with Gasteiger partial charge in [0.05, 0.1) is 49.4 Å². The summed E-state index contributed by atoms with van der Waals surface area (Å²) in [7, 11) is 6.33. The largest absolute Gasteiger partial charge is 0.495 e. The Balaban J connectivity index is 2.58. The van der Waals surface area contributed by atoms with E-state index < -0.39 is 33.2 Å². The fourth-order valence-electron chi connectivity index (χ4n) is 2.47. The number of carbonyl (C=O) groups is 2. The fourth-order valence-corrected chi connectivity index (χ4v) is 5.03. The summed E-state index contributed by atoms with van der Waals surface area (Å²) in [6, 6.07) is 4.55. The summed E-state index contributed by atoms with van der Waals surface area (Å²) in [6.45, 7) is 0. The number of hydrogen-bond acceptors (Lipinski definition) is 12. The van der Waals surface area contributed by atoms with Crippen LogP contribution < -0.4 is 9.47 Å². The van der Waals surface area contributed by atoms with E-state index in [9.17, 15) is 29.8 Å². The van der Waals surface area contributed by atoms with Crippen molar-refractivity contribution < 1.29 is 38.4 Å². The van der Waals surface area contributed by atoms with E-state index in [2.05, 4.69) is 9.47 Å². The molecule has 0 saturated carbocycles. The molecule has 0 atom stereocenters. The minimum atomic E-state index is -0.800. The van der Waals surface area contributed by atoms with Crippen molar-refractivity contribution in [3.8, 4) is 11.5 Å². The van der Waals surface area contributed by atoms with E-state index in [1.54, 1.807) is 0 Å². The molecule has 0 aliphatic carbocycles. The van der Waals surface area contributed by atoms with Gasteiger partial charge in [0.2, 0.25) is 0 Å². The quantitative estimate of drug-likeness (QED) is 0.219. The van der Waals surface area contributed by atoms with Gasteiger partial charge in [-0.15, -0.1) is 0 Å². The van der Waals surface area contributed by atoms with Gasteiger partial charge in [-0.1, -0.05) is 0 Å². The fraction of sp³-hybridized carbons (Fsp3) is 0.222. The molecule has 12 nitrogen and oxygen atoms in total. The van der Waals surface area contributed by atoms with Crippen LogP contribution in [0.5, 0.6) is 11.5 Å². The third kappa shape index (κ3) is 5.20. The van der Waals surface area contributed by atoms with E-state index in [1.807, 2.05) is 0 Å². The Labute approximate surface area is 188 Å². The van der Waals surface area contributed by atoms with Gasteiger partial charge >= 0.3 is 11.9 Å². The molecule has 0 aliphatic rings. The molecular weight excluding hydrogens is 468 g/mol. The highest BCUT2D eigenvalue weighted by Gasteiger charge is 2.28. The molecule has 0 bridgehead atoms. The monoisotopic (exact) mass is 484 g/mol. The van der Waals surface area contributed by atoms with Gasteiger partial charge in [0.1, 0.15) is 21.3 Å². The first kappa shape index (κ1) is 24.7. The second kappa shape index (κ2) is 10.7. The first-order chi connectivity index (χ1) is 15.2. The van der Waals surface area contributed by atoms with Crippen LogP contribution in [0.4, 0.5) is 11.4 Å². The van der Waals surface area contributed by atoms with Crippen LogP contribution >= 0.6 is 21.6 Å². The van der Waals surface area contributed by atoms with Gasteiger partial charge in [0.15, 0.2) is 0 Å². The molecule has 0 spiro atoms. The molecule has 0 fully saturated rings. The van der Waals surface area contributed by atoms with Crippen molar-refractivity contribution in [3.05, 3.63) is 55.6 Å². The average molecular weight is 484 g/mol. The summed E-state index contributed by atoms with van der Waals surface area (Å²) >= 11 is 0. The lowest BCUT2D eigenvalue weighted by atomic mass is 10.2. The zero-order chi connectivity index (χ0) is 24.0. The Hall–Kier alpha value is -3.52. The van der Waals surface area contributed by atoms with Gasteiger partial charge < -0.3 is 18.9 Å². The van der Waals surface area contributed by atoms with E-state index in [-0.39, 0.29) is 32.4 Å². The molecule has 2 aromatic rings. The van der Waals surface area contributed by atoms with Crippen LogP contribution in [0.3, 0.4) is 0 Å². The molecule has 0 N–H and O–H groups in total. The predicted molar refractivity (Wildman–Crippen MR) is 114 cm³/mol. The number of benzene rings is 2. The van der Waals surface area contributed by atoms with E-state index >= 15 is 0 Å². The molecule has 2 aromatic carbocycles. The third-order valence-corrected chi connectivity index (χ3v) is 6.44. The number of nitro groups is 2. The third-order valence-electron chi connectivity index (χ3n) is 3.95. The van der Waals surface area contributed by atoms with Gasteiger partial charge in [0, 0.05) is 12.1 Å². The number of esters is 2. The maximum absolute atomic E-state index is 11.8. The summed E-state index contributed by atoms with van der Waals surface area (Å²) in [6.07, 6.45) is 0. The van der Waals surface area contributed by atoms with Gasteiger partial charge in [-0.2, -0.15) is 0 Å². The lowest BCUT2D eigenvalue weighted by Crippen LogP contribution is -2.05. The van der Waals surface area contributed by atoms with Gasteiger partial charge in [-0.05, 0) is 33.7 Å². The molecule has 0 aliphatic heterocycles. The van der Waals surface area contributed by atoms with Crippen molar-refractivity contribution in [2.75, 3.05) is 28.4 Å². The molecular formula is C18H16N2O10S2. The zero-order valence-electron chi connectivity index (χ0n) is 17.1. The summed E-state index contributed by atoms with van der Waals surface area (Å²) in [5, 5.41) is 23.2. The van der Waals surface area contributed by atoms with E-state index in [0.29, 0.717) is 0 Å². The van der Waals surface area contributed by atoms with Gasteiger partial charge in [-0.25, -0.2) is 9.59 Å². The topological polar surface area (TPSA) is 157 Å². The van der Waals surface area contributed by atoms with E-state index in [0.717, 1.165) is 47.9 Å². The predicted octanol–water partition coefficient (Wildman–Crippen LogP) is 3.89. The number of methoxy groups -OCH3 is 4. The Bertz CT molecular complexity index is 1000. The Kier molecular flexibility index (Phi) is 8.26. The van der Waals surface area contributed by atoms with Crippen LogP contribution in [-0.4, -0.2) is 50.2 Å². The first-order valence-corrected chi connectivity index (χ1v) is 10.6. The molecule has 0 heterocycles. The van der Waals surface area contributed by atoms with Crippen molar-refractivity contribution in [3.63, 3.8) is 0 Å². The number of carbonyl (C=O) groups excluding carboxylic acids is 2. The summed E-state index contributed by atoms with van der Waals surface area (Å²) < 4.78 is 19.6. The van der Waals surface area contributed by atoms with Crippen LogP contribution in [0, 0.1) is 20.2 Å². The molecule has 2 rings (SSSR count). The molecule has 0 aromatic heterocycles. The van der Waals surface area contributed by atoms with Crippen LogP contribution in [0.1, 0.15) is 20.7 Å². The maximum Gasteiger partial charge on any atom is 0.338 e. The Morgan fingerprint density at radius 2 is 1.06 bits per heavy atom. The minimum absolute atomic E-state index is 0.00329. The Morgan fingerprint density at radius 3 is 1.31 bits per heavy atom. The number of hydrogen-bond donors (Lipinski definition) is 0. The highest BCUT2D eigenvalue weighted by Crippen LogP contribution is 2.51. The number of nitro benzene ring substituents is 2. The molecule has 0 unspecified atom stereocenters. The molecule has 0 radical (unpaired) electrons. The second-order valence-electron chi connectivity index (χ2n) is 5.72. The van der Waals surface area contributed by atoms with Crippen LogP contribution in [0.25, 0.3) is 0 Å². The Morgan fingerprint density at radius 1 is 0.719 bits per heavy atom. The molecule has 0 amide bonds. The standard InChI is InChI=1S/C18H16N2O10S2/c1-27-13-7-9(17(21)29-3)5-11(19(23)24)15(13)31-32-16-12(20(25)26)6-10(18(22)30-4)8-14(16)28-2/h5-8H,1-4H3. The van der Waals surface area contributed by atoms with Crippen molar-refractivity contribution in [2.45, 2.75) is 9.79 Å². The summed E-state index contributed by atoms with van der Waals surface area (Å²) in [5.41, 5.74) is -1.13. The van der Waals surface area contributed by atoms with E-state index in [1.165, 1.54) is 26.4 Å². The number of ether oxygens (including phenoxy) is 4.